The van der Waals surface area contributed by atoms with Crippen LogP contribution >= 0.6 is 11.6 Å². The number of carbonyl (C=O) groups excluding carboxylic acids is 1. The third-order valence-electron chi connectivity index (χ3n) is 9.02. The number of fused-ring (bicyclic) bond motifs is 3. The van der Waals surface area contributed by atoms with Gasteiger partial charge in [0.2, 0.25) is 0 Å². The maximum Gasteiger partial charge on any atom is 0.262 e. The molecule has 2 aromatic rings. The van der Waals surface area contributed by atoms with Crippen LogP contribution in [0.4, 0.5) is 0 Å². The molecule has 2 aromatic carbocycles. The standard InChI is InChI=1S/C29H34ClN3O2/c1-35-23-12-14-28(15-13-23)17-21-11-10-20(9-8-19-6-7-19)16-24(21)29(28)26(34)33(27(31)32-29)18-22-4-2-3-5-25(22)30/h2-5,10-11,16,19,23H,6-9,12-15,17-18H2,1H3,(H2,31,32). The van der Waals surface area contributed by atoms with Gasteiger partial charge in [0, 0.05) is 17.5 Å². The normalized spacial score (nSPS) is 29.8. The van der Waals surface area contributed by atoms with Crippen LogP contribution in [0.15, 0.2) is 47.5 Å². The first kappa shape index (κ1) is 23.1. The van der Waals surface area contributed by atoms with E-state index in [1.54, 1.807) is 12.0 Å². The number of carbonyl (C=O) groups is 1. The number of aliphatic imine (C=N–C) groups is 1. The zero-order valence-corrected chi connectivity index (χ0v) is 21.2. The summed E-state index contributed by atoms with van der Waals surface area (Å²) in [6, 6.07) is 14.4. The molecule has 0 radical (unpaired) electrons. The highest BCUT2D eigenvalue weighted by atomic mass is 35.5. The Kier molecular flexibility index (Phi) is 5.69. The maximum absolute atomic E-state index is 14.5. The third-order valence-corrected chi connectivity index (χ3v) is 9.39. The highest BCUT2D eigenvalue weighted by Crippen LogP contribution is 2.62. The molecule has 0 aromatic heterocycles. The first-order valence-electron chi connectivity index (χ1n) is 13.0. The molecular weight excluding hydrogens is 458 g/mol. The van der Waals surface area contributed by atoms with Gasteiger partial charge in [-0.15, -0.1) is 0 Å². The van der Waals surface area contributed by atoms with Crippen molar-refractivity contribution in [3.05, 3.63) is 69.7 Å². The number of hydrogen-bond acceptors (Lipinski definition) is 4. The molecule has 0 saturated heterocycles. The summed E-state index contributed by atoms with van der Waals surface area (Å²) in [5, 5.41) is 0.638. The number of halogens is 1. The van der Waals surface area contributed by atoms with Gasteiger partial charge in [-0.1, -0.05) is 60.8 Å². The summed E-state index contributed by atoms with van der Waals surface area (Å²) in [5.41, 5.74) is 9.85. The number of aryl methyl sites for hydroxylation is 1. The number of nitrogens with zero attached hydrogens (tertiary/aromatic N) is 2. The molecule has 1 aliphatic heterocycles. The molecule has 184 valence electrons. The van der Waals surface area contributed by atoms with Gasteiger partial charge >= 0.3 is 0 Å². The van der Waals surface area contributed by atoms with E-state index in [-0.39, 0.29) is 17.4 Å². The van der Waals surface area contributed by atoms with Crippen LogP contribution < -0.4 is 5.73 Å². The van der Waals surface area contributed by atoms with E-state index in [2.05, 4.69) is 18.2 Å². The SMILES string of the molecule is COC1CCC2(CC1)Cc1ccc(CCC3CC3)cc1C21N=C(N)N(Cc2ccccc2Cl)C1=O. The predicted octanol–water partition coefficient (Wildman–Crippen LogP) is 5.37. The minimum absolute atomic E-state index is 0.00359. The topological polar surface area (TPSA) is 67.9 Å². The van der Waals surface area contributed by atoms with Crippen LogP contribution in [-0.2, 0) is 34.5 Å². The van der Waals surface area contributed by atoms with E-state index in [9.17, 15) is 4.79 Å². The monoisotopic (exact) mass is 491 g/mol. The molecule has 2 saturated carbocycles. The average molecular weight is 492 g/mol. The smallest absolute Gasteiger partial charge is 0.262 e. The molecule has 2 fully saturated rings. The Morgan fingerprint density at radius 3 is 2.63 bits per heavy atom. The zero-order valence-electron chi connectivity index (χ0n) is 20.4. The number of benzene rings is 2. The number of methoxy groups -OCH3 is 1. The van der Waals surface area contributed by atoms with Crippen LogP contribution in [0.25, 0.3) is 0 Å². The molecule has 6 heteroatoms. The van der Waals surface area contributed by atoms with E-state index in [0.29, 0.717) is 17.5 Å². The summed E-state index contributed by atoms with van der Waals surface area (Å²) >= 11 is 6.46. The van der Waals surface area contributed by atoms with Gasteiger partial charge in [0.25, 0.3) is 5.91 Å². The Morgan fingerprint density at radius 2 is 1.91 bits per heavy atom. The van der Waals surface area contributed by atoms with Crippen LogP contribution in [0.2, 0.25) is 5.02 Å². The number of amides is 1. The van der Waals surface area contributed by atoms with Crippen LogP contribution in [0.5, 0.6) is 0 Å². The van der Waals surface area contributed by atoms with Crippen molar-refractivity contribution < 1.29 is 9.53 Å². The Hall–Kier alpha value is -2.37. The molecular formula is C29H34ClN3O2. The molecule has 5 nitrogen and oxygen atoms in total. The second-order valence-corrected chi connectivity index (χ2v) is 11.4. The van der Waals surface area contributed by atoms with Crippen LogP contribution in [0.3, 0.4) is 0 Å². The fraction of sp³-hybridized carbons (Fsp3) is 0.517. The minimum atomic E-state index is -0.956. The average Bonchev–Trinajstić information content (AvgIpc) is 3.62. The van der Waals surface area contributed by atoms with Gasteiger partial charge < -0.3 is 10.5 Å². The quantitative estimate of drug-likeness (QED) is 0.591. The van der Waals surface area contributed by atoms with Gasteiger partial charge in [0.05, 0.1) is 12.6 Å². The molecule has 2 spiro atoms. The largest absolute Gasteiger partial charge is 0.381 e. The van der Waals surface area contributed by atoms with Crippen LogP contribution in [-0.4, -0.2) is 30.0 Å². The van der Waals surface area contributed by atoms with E-state index < -0.39 is 5.54 Å². The molecule has 1 unspecified atom stereocenters. The van der Waals surface area contributed by atoms with Gasteiger partial charge in [0.15, 0.2) is 11.5 Å². The van der Waals surface area contributed by atoms with E-state index in [1.807, 2.05) is 24.3 Å². The number of rotatable bonds is 6. The zero-order chi connectivity index (χ0) is 24.2. The van der Waals surface area contributed by atoms with Gasteiger partial charge in [-0.05, 0) is 79.2 Å². The van der Waals surface area contributed by atoms with Crippen molar-refractivity contribution >= 4 is 23.5 Å². The Bertz CT molecular complexity index is 1180. The van der Waals surface area contributed by atoms with Gasteiger partial charge in [0.1, 0.15) is 0 Å². The second kappa shape index (κ2) is 8.63. The molecule has 1 heterocycles. The van der Waals surface area contributed by atoms with E-state index in [1.165, 1.54) is 30.4 Å². The van der Waals surface area contributed by atoms with E-state index in [0.717, 1.165) is 55.6 Å². The highest BCUT2D eigenvalue weighted by molar-refractivity contribution is 6.31. The van der Waals surface area contributed by atoms with Gasteiger partial charge in [-0.2, -0.15) is 0 Å². The van der Waals surface area contributed by atoms with Crippen molar-refractivity contribution in [3.8, 4) is 0 Å². The van der Waals surface area contributed by atoms with Crippen LogP contribution in [0, 0.1) is 11.3 Å². The summed E-state index contributed by atoms with van der Waals surface area (Å²) in [5.74, 6) is 1.18. The lowest BCUT2D eigenvalue weighted by Crippen LogP contribution is -2.52. The molecule has 0 bridgehead atoms. The number of ether oxygens (including phenoxy) is 1. The van der Waals surface area contributed by atoms with Crippen molar-refractivity contribution in [2.75, 3.05) is 7.11 Å². The molecule has 35 heavy (non-hydrogen) atoms. The Morgan fingerprint density at radius 1 is 1.14 bits per heavy atom. The summed E-state index contributed by atoms with van der Waals surface area (Å²) in [7, 11) is 1.79. The lowest BCUT2D eigenvalue weighted by Gasteiger charge is -2.45. The third kappa shape index (κ3) is 3.70. The lowest BCUT2D eigenvalue weighted by atomic mass is 9.61. The maximum atomic E-state index is 14.5. The second-order valence-electron chi connectivity index (χ2n) is 11.0. The van der Waals surface area contributed by atoms with Crippen LogP contribution in [0.1, 0.15) is 67.2 Å². The predicted molar refractivity (Wildman–Crippen MR) is 138 cm³/mol. The number of nitrogens with two attached hydrogens (primary N) is 1. The molecule has 1 atom stereocenters. The van der Waals surface area contributed by atoms with E-state index >= 15 is 0 Å². The first-order valence-corrected chi connectivity index (χ1v) is 13.4. The van der Waals surface area contributed by atoms with Crippen molar-refractivity contribution in [1.82, 2.24) is 4.90 Å². The van der Waals surface area contributed by atoms with Crippen molar-refractivity contribution in [3.63, 3.8) is 0 Å². The Labute approximate surface area is 212 Å². The first-order chi connectivity index (χ1) is 17.0. The minimum Gasteiger partial charge on any atom is -0.381 e. The van der Waals surface area contributed by atoms with Crippen molar-refractivity contribution in [2.24, 2.45) is 22.1 Å². The number of guanidine groups is 1. The van der Waals surface area contributed by atoms with Crippen molar-refractivity contribution in [1.29, 1.82) is 0 Å². The van der Waals surface area contributed by atoms with Crippen molar-refractivity contribution in [2.45, 2.75) is 76.0 Å². The summed E-state index contributed by atoms with van der Waals surface area (Å²) < 4.78 is 5.69. The molecule has 3 aliphatic carbocycles. The number of hydrogen-bond donors (Lipinski definition) is 1. The fourth-order valence-corrected chi connectivity index (χ4v) is 6.99. The molecule has 4 aliphatic rings. The molecule has 6 rings (SSSR count). The fourth-order valence-electron chi connectivity index (χ4n) is 6.79. The van der Waals surface area contributed by atoms with Gasteiger partial charge in [-0.3, -0.25) is 9.69 Å². The molecule has 1 amide bonds. The highest BCUT2D eigenvalue weighted by Gasteiger charge is 2.66. The Balaban J connectivity index is 1.41. The van der Waals surface area contributed by atoms with E-state index in [4.69, 9.17) is 27.1 Å². The van der Waals surface area contributed by atoms with Gasteiger partial charge in [-0.25, -0.2) is 4.99 Å². The summed E-state index contributed by atoms with van der Waals surface area (Å²) in [4.78, 5) is 21.3. The molecule has 2 N–H and O–H groups in total. The summed E-state index contributed by atoms with van der Waals surface area (Å²) in [6.45, 7) is 0.336. The lowest BCUT2D eigenvalue weighted by molar-refractivity contribution is -0.138. The summed E-state index contributed by atoms with van der Waals surface area (Å²) in [6.07, 6.45) is 9.79.